The Bertz CT molecular complexity index is 996. The predicted octanol–water partition coefficient (Wildman–Crippen LogP) is 2.09. The summed E-state index contributed by atoms with van der Waals surface area (Å²) < 4.78 is 7.55. The second-order valence-electron chi connectivity index (χ2n) is 7.50. The maximum atomic E-state index is 5.90. The molecule has 0 amide bonds. The molecule has 9 nitrogen and oxygen atoms in total. The Hall–Kier alpha value is -3.07. The molecule has 160 valence electrons. The van der Waals surface area contributed by atoms with E-state index in [1.165, 1.54) is 5.69 Å². The number of fused-ring (bicyclic) bond motifs is 1. The second-order valence-corrected chi connectivity index (χ2v) is 7.50. The fourth-order valence-electron chi connectivity index (χ4n) is 3.72. The average Bonchev–Trinajstić information content (AvgIpc) is 3.17. The maximum absolute atomic E-state index is 5.90. The van der Waals surface area contributed by atoms with Crippen molar-refractivity contribution in [3.63, 3.8) is 0 Å². The molecule has 0 radical (unpaired) electrons. The number of hydrogen-bond acceptors (Lipinski definition) is 8. The topological polar surface area (TPSA) is 106 Å². The number of rotatable bonds is 8. The minimum absolute atomic E-state index is 0.249. The number of piperazine rings is 1. The van der Waals surface area contributed by atoms with Crippen LogP contribution in [-0.2, 0) is 6.54 Å². The Morgan fingerprint density at radius 1 is 1.23 bits per heavy atom. The first-order valence-electron chi connectivity index (χ1n) is 10.5. The molecule has 1 aliphatic rings. The molecule has 0 saturated carbocycles. The van der Waals surface area contributed by atoms with Crippen molar-refractivity contribution in [2.24, 2.45) is 0 Å². The highest BCUT2D eigenvalue weighted by Gasteiger charge is 2.15. The Kier molecular flexibility index (Phi) is 6.18. The van der Waals surface area contributed by atoms with Gasteiger partial charge in [-0.2, -0.15) is 10.1 Å². The summed E-state index contributed by atoms with van der Waals surface area (Å²) in [4.78, 5) is 11.1. The number of aromatic nitrogens is 4. The normalized spacial score (nSPS) is 14.3. The molecule has 3 aromatic rings. The summed E-state index contributed by atoms with van der Waals surface area (Å²) in [6.45, 7) is 7.57. The molecule has 0 atom stereocenters. The number of hydrogen-bond donors (Lipinski definition) is 3. The lowest BCUT2D eigenvalue weighted by atomic mass is 10.1. The molecule has 4 rings (SSSR count). The first-order chi connectivity index (χ1) is 14.7. The summed E-state index contributed by atoms with van der Waals surface area (Å²) in [7, 11) is 1.71. The third kappa shape index (κ3) is 4.40. The van der Waals surface area contributed by atoms with Gasteiger partial charge < -0.3 is 26.0 Å². The molecule has 3 heterocycles. The third-order valence-corrected chi connectivity index (χ3v) is 5.34. The van der Waals surface area contributed by atoms with E-state index in [-0.39, 0.29) is 5.95 Å². The number of methoxy groups -OCH3 is 1. The van der Waals surface area contributed by atoms with E-state index in [9.17, 15) is 0 Å². The van der Waals surface area contributed by atoms with Crippen molar-refractivity contribution in [2.75, 3.05) is 55.8 Å². The van der Waals surface area contributed by atoms with Gasteiger partial charge in [0.1, 0.15) is 11.3 Å². The molecule has 1 aliphatic heterocycles. The van der Waals surface area contributed by atoms with Crippen LogP contribution in [0.5, 0.6) is 5.75 Å². The second kappa shape index (κ2) is 9.17. The van der Waals surface area contributed by atoms with Crippen molar-refractivity contribution in [3.05, 3.63) is 30.0 Å². The van der Waals surface area contributed by atoms with Crippen LogP contribution in [0.15, 0.2) is 24.4 Å². The summed E-state index contributed by atoms with van der Waals surface area (Å²) in [5.74, 6) is 1.79. The van der Waals surface area contributed by atoms with E-state index in [2.05, 4.69) is 50.6 Å². The molecule has 9 heteroatoms. The zero-order valence-electron chi connectivity index (χ0n) is 17.7. The van der Waals surface area contributed by atoms with Gasteiger partial charge in [-0.15, -0.1) is 0 Å². The van der Waals surface area contributed by atoms with Crippen molar-refractivity contribution in [3.8, 4) is 5.75 Å². The van der Waals surface area contributed by atoms with Crippen molar-refractivity contribution in [2.45, 2.75) is 26.3 Å². The number of nitrogens with one attached hydrogen (secondary N) is 2. The molecule has 2 aromatic heterocycles. The Labute approximate surface area is 176 Å². The van der Waals surface area contributed by atoms with Crippen molar-refractivity contribution < 1.29 is 4.74 Å². The van der Waals surface area contributed by atoms with Gasteiger partial charge in [0.25, 0.3) is 0 Å². The molecule has 0 unspecified atom stereocenters. The first kappa shape index (κ1) is 20.2. The van der Waals surface area contributed by atoms with Crippen LogP contribution in [0.4, 0.5) is 17.5 Å². The molecule has 30 heavy (non-hydrogen) atoms. The van der Waals surface area contributed by atoms with Gasteiger partial charge in [-0.1, -0.05) is 19.4 Å². The van der Waals surface area contributed by atoms with Gasteiger partial charge >= 0.3 is 0 Å². The summed E-state index contributed by atoms with van der Waals surface area (Å²) >= 11 is 0. The van der Waals surface area contributed by atoms with E-state index >= 15 is 0 Å². The molecule has 0 spiro atoms. The number of unbranched alkanes of at least 4 members (excludes halogenated alkanes) is 1. The largest absolute Gasteiger partial charge is 0.496 e. The molecule has 0 bridgehead atoms. The highest BCUT2D eigenvalue weighted by atomic mass is 16.5. The minimum atomic E-state index is 0.249. The molecule has 0 aliphatic carbocycles. The van der Waals surface area contributed by atoms with Gasteiger partial charge in [0.05, 0.1) is 19.9 Å². The van der Waals surface area contributed by atoms with Crippen LogP contribution in [0.1, 0.15) is 25.3 Å². The quantitative estimate of drug-likeness (QED) is 0.485. The van der Waals surface area contributed by atoms with Crippen LogP contribution in [-0.4, -0.2) is 59.6 Å². The van der Waals surface area contributed by atoms with Gasteiger partial charge in [-0.05, 0) is 12.5 Å². The zero-order valence-corrected chi connectivity index (χ0v) is 17.7. The van der Waals surface area contributed by atoms with Gasteiger partial charge in [0, 0.05) is 50.0 Å². The van der Waals surface area contributed by atoms with Crippen molar-refractivity contribution in [1.82, 2.24) is 25.1 Å². The molecular weight excluding hydrogens is 380 g/mol. The van der Waals surface area contributed by atoms with Crippen LogP contribution in [0.2, 0.25) is 0 Å². The highest BCUT2D eigenvalue weighted by Crippen LogP contribution is 2.27. The maximum Gasteiger partial charge on any atom is 0.222 e. The number of anilines is 3. The summed E-state index contributed by atoms with van der Waals surface area (Å²) in [5, 5.41) is 11.4. The first-order valence-corrected chi connectivity index (χ1v) is 10.5. The predicted molar refractivity (Wildman–Crippen MR) is 120 cm³/mol. The number of nitrogens with two attached hydrogens (primary N) is 1. The number of ether oxygens (including phenoxy) is 1. The SMILES string of the molecule is CCCCNc1nc(N)nc2cn(Cc3ccc(N4CCNCC4)cc3OC)nc12. The van der Waals surface area contributed by atoms with Crippen LogP contribution >= 0.6 is 0 Å². The molecule has 4 N–H and O–H groups in total. The van der Waals surface area contributed by atoms with Gasteiger partial charge in [0.2, 0.25) is 5.95 Å². The Balaban J connectivity index is 1.58. The fraction of sp³-hybridized carbons (Fsp3) is 0.476. The lowest BCUT2D eigenvalue weighted by molar-refractivity contribution is 0.407. The fourth-order valence-corrected chi connectivity index (χ4v) is 3.72. The van der Waals surface area contributed by atoms with Crippen LogP contribution < -0.4 is 26.0 Å². The number of nitrogen functional groups attached to an aromatic ring is 1. The van der Waals surface area contributed by atoms with Gasteiger partial charge in [-0.3, -0.25) is 4.68 Å². The monoisotopic (exact) mass is 410 g/mol. The van der Waals surface area contributed by atoms with Crippen LogP contribution in [0.25, 0.3) is 11.0 Å². The van der Waals surface area contributed by atoms with E-state index in [0.717, 1.165) is 67.9 Å². The molecular formula is C21H30N8O. The molecule has 1 aromatic carbocycles. The molecule has 1 saturated heterocycles. The molecule has 1 fully saturated rings. The smallest absolute Gasteiger partial charge is 0.222 e. The van der Waals surface area contributed by atoms with Crippen LogP contribution in [0, 0.1) is 0 Å². The van der Waals surface area contributed by atoms with Crippen LogP contribution in [0.3, 0.4) is 0 Å². The van der Waals surface area contributed by atoms with Crippen molar-refractivity contribution in [1.29, 1.82) is 0 Å². The van der Waals surface area contributed by atoms with E-state index in [4.69, 9.17) is 15.6 Å². The Morgan fingerprint density at radius 2 is 2.07 bits per heavy atom. The summed E-state index contributed by atoms with van der Waals surface area (Å²) in [5.41, 5.74) is 9.61. The van der Waals surface area contributed by atoms with Crippen molar-refractivity contribution >= 4 is 28.5 Å². The third-order valence-electron chi connectivity index (χ3n) is 5.34. The minimum Gasteiger partial charge on any atom is -0.496 e. The summed E-state index contributed by atoms with van der Waals surface area (Å²) in [6, 6.07) is 6.38. The standard InChI is InChI=1S/C21H30N8O/c1-3-4-7-24-20-19-17(25-21(22)26-20)14-29(27-19)13-15-5-6-16(12-18(15)30-2)28-10-8-23-9-11-28/h5-6,12,14,23H,3-4,7-11,13H2,1-2H3,(H3,22,24,25,26). The average molecular weight is 411 g/mol. The van der Waals surface area contributed by atoms with Gasteiger partial charge in [0.15, 0.2) is 11.3 Å². The summed E-state index contributed by atoms with van der Waals surface area (Å²) in [6.07, 6.45) is 4.07. The highest BCUT2D eigenvalue weighted by molar-refractivity contribution is 5.85. The van der Waals surface area contributed by atoms with E-state index in [0.29, 0.717) is 12.4 Å². The van der Waals surface area contributed by atoms with E-state index in [1.54, 1.807) is 7.11 Å². The number of benzene rings is 1. The lowest BCUT2D eigenvalue weighted by Crippen LogP contribution is -2.43. The lowest BCUT2D eigenvalue weighted by Gasteiger charge is -2.30. The van der Waals surface area contributed by atoms with E-state index in [1.807, 2.05) is 10.9 Å². The van der Waals surface area contributed by atoms with Gasteiger partial charge in [-0.25, -0.2) is 4.98 Å². The number of nitrogens with zero attached hydrogens (tertiary/aromatic N) is 5. The zero-order chi connectivity index (χ0) is 20.9. The Morgan fingerprint density at radius 3 is 2.83 bits per heavy atom. The van der Waals surface area contributed by atoms with E-state index < -0.39 is 0 Å².